The number of carbonyl (C=O) groups is 2. The highest BCUT2D eigenvalue weighted by atomic mass is 16.4. The Bertz CT molecular complexity index is 541. The SMILES string of the molecule is O=C(O)CC1(CNC(=O)N2Cc3ccccc3C2)CCC1. The summed E-state index contributed by atoms with van der Waals surface area (Å²) in [4.78, 5) is 25.0. The van der Waals surface area contributed by atoms with Crippen LogP contribution in [0.1, 0.15) is 36.8 Å². The molecule has 1 aromatic carbocycles. The minimum atomic E-state index is -0.780. The average molecular weight is 288 g/mol. The van der Waals surface area contributed by atoms with Gasteiger partial charge in [0.2, 0.25) is 0 Å². The van der Waals surface area contributed by atoms with E-state index in [1.54, 1.807) is 4.90 Å². The molecule has 1 aromatic rings. The number of hydrogen-bond donors (Lipinski definition) is 2. The number of carboxylic acid groups (broad SMARTS) is 1. The minimum absolute atomic E-state index is 0.0946. The molecule has 21 heavy (non-hydrogen) atoms. The lowest BCUT2D eigenvalue weighted by molar-refractivity contribution is -0.141. The normalized spacial score (nSPS) is 18.8. The number of fused-ring (bicyclic) bond motifs is 1. The summed E-state index contributed by atoms with van der Waals surface area (Å²) in [5, 5.41) is 11.9. The van der Waals surface area contributed by atoms with Gasteiger partial charge in [-0.3, -0.25) is 4.79 Å². The third-order valence-electron chi connectivity index (χ3n) is 4.68. The lowest BCUT2D eigenvalue weighted by atomic mass is 9.66. The number of amides is 2. The topological polar surface area (TPSA) is 69.6 Å². The Balaban J connectivity index is 1.55. The van der Waals surface area contributed by atoms with E-state index in [0.29, 0.717) is 19.6 Å². The van der Waals surface area contributed by atoms with E-state index in [0.717, 1.165) is 19.3 Å². The van der Waals surface area contributed by atoms with Crippen LogP contribution in [0.4, 0.5) is 4.79 Å². The fraction of sp³-hybridized carbons (Fsp3) is 0.500. The standard InChI is InChI=1S/C16H20N2O3/c19-14(20)8-16(6-3-7-16)11-17-15(21)18-9-12-4-1-2-5-13(12)10-18/h1-2,4-5H,3,6-11H2,(H,17,21)(H,19,20). The zero-order valence-corrected chi connectivity index (χ0v) is 12.0. The van der Waals surface area contributed by atoms with Crippen molar-refractivity contribution in [1.82, 2.24) is 10.2 Å². The Labute approximate surface area is 123 Å². The van der Waals surface area contributed by atoms with Crippen LogP contribution in [0.3, 0.4) is 0 Å². The Morgan fingerprint density at radius 3 is 2.29 bits per heavy atom. The Kier molecular flexibility index (Phi) is 3.57. The number of benzene rings is 1. The lowest BCUT2D eigenvalue weighted by Gasteiger charge is -2.41. The molecule has 1 heterocycles. The second-order valence-corrected chi connectivity index (χ2v) is 6.21. The highest BCUT2D eigenvalue weighted by Crippen LogP contribution is 2.43. The van der Waals surface area contributed by atoms with Crippen LogP contribution in [0.5, 0.6) is 0 Å². The van der Waals surface area contributed by atoms with Gasteiger partial charge < -0.3 is 15.3 Å². The molecule has 0 spiro atoms. The molecule has 0 unspecified atom stereocenters. The average Bonchev–Trinajstić information content (AvgIpc) is 2.84. The van der Waals surface area contributed by atoms with Crippen LogP contribution in [0.2, 0.25) is 0 Å². The molecule has 0 atom stereocenters. The second kappa shape index (κ2) is 5.39. The molecule has 1 fully saturated rings. The van der Waals surface area contributed by atoms with Gasteiger partial charge in [0.25, 0.3) is 0 Å². The first-order valence-corrected chi connectivity index (χ1v) is 7.39. The van der Waals surface area contributed by atoms with Crippen molar-refractivity contribution in [2.24, 2.45) is 5.41 Å². The number of urea groups is 1. The van der Waals surface area contributed by atoms with Gasteiger partial charge in [0, 0.05) is 19.6 Å². The Hall–Kier alpha value is -2.04. The molecular weight excluding hydrogens is 268 g/mol. The molecule has 2 amide bonds. The maximum Gasteiger partial charge on any atom is 0.318 e. The van der Waals surface area contributed by atoms with Crippen molar-refractivity contribution in [2.75, 3.05) is 6.54 Å². The third kappa shape index (κ3) is 2.86. The summed E-state index contributed by atoms with van der Waals surface area (Å²) in [5.74, 6) is -0.780. The number of nitrogens with one attached hydrogen (secondary N) is 1. The Morgan fingerprint density at radius 1 is 1.19 bits per heavy atom. The molecule has 0 bridgehead atoms. The lowest BCUT2D eigenvalue weighted by Crippen LogP contribution is -2.46. The van der Waals surface area contributed by atoms with E-state index in [2.05, 4.69) is 5.32 Å². The first-order valence-electron chi connectivity index (χ1n) is 7.39. The molecule has 5 heteroatoms. The zero-order valence-electron chi connectivity index (χ0n) is 12.0. The third-order valence-corrected chi connectivity index (χ3v) is 4.68. The van der Waals surface area contributed by atoms with Crippen LogP contribution in [-0.2, 0) is 17.9 Å². The molecule has 0 radical (unpaired) electrons. The van der Waals surface area contributed by atoms with Gasteiger partial charge >= 0.3 is 12.0 Å². The number of hydrogen-bond acceptors (Lipinski definition) is 2. The van der Waals surface area contributed by atoms with Gasteiger partial charge in [-0.2, -0.15) is 0 Å². The highest BCUT2D eigenvalue weighted by molar-refractivity contribution is 5.75. The molecule has 2 aliphatic rings. The number of carboxylic acids is 1. The van der Waals surface area contributed by atoms with Gasteiger partial charge in [-0.15, -0.1) is 0 Å². The minimum Gasteiger partial charge on any atom is -0.481 e. The number of aliphatic carboxylic acids is 1. The molecule has 3 rings (SSSR count). The van der Waals surface area contributed by atoms with Crippen molar-refractivity contribution in [3.05, 3.63) is 35.4 Å². The molecule has 0 saturated heterocycles. The van der Waals surface area contributed by atoms with Crippen LogP contribution in [0.15, 0.2) is 24.3 Å². The van der Waals surface area contributed by atoms with Crippen LogP contribution in [0.25, 0.3) is 0 Å². The number of nitrogens with zero attached hydrogens (tertiary/aromatic N) is 1. The molecule has 5 nitrogen and oxygen atoms in total. The van der Waals surface area contributed by atoms with Crippen molar-refractivity contribution in [1.29, 1.82) is 0 Å². The quantitative estimate of drug-likeness (QED) is 0.893. The molecule has 2 N–H and O–H groups in total. The van der Waals surface area contributed by atoms with Gasteiger partial charge in [0.15, 0.2) is 0 Å². The highest BCUT2D eigenvalue weighted by Gasteiger charge is 2.39. The maximum atomic E-state index is 12.3. The van der Waals surface area contributed by atoms with Crippen LogP contribution in [0, 0.1) is 5.41 Å². The maximum absolute atomic E-state index is 12.3. The van der Waals surface area contributed by atoms with Gasteiger partial charge in [-0.25, -0.2) is 4.79 Å². The monoisotopic (exact) mass is 288 g/mol. The van der Waals surface area contributed by atoms with E-state index in [1.807, 2.05) is 24.3 Å². The largest absolute Gasteiger partial charge is 0.481 e. The fourth-order valence-electron chi connectivity index (χ4n) is 3.27. The smallest absolute Gasteiger partial charge is 0.318 e. The molecule has 1 aliphatic heterocycles. The molecule has 0 aromatic heterocycles. The summed E-state index contributed by atoms with van der Waals surface area (Å²) < 4.78 is 0. The number of rotatable bonds is 4. The van der Waals surface area contributed by atoms with Gasteiger partial charge in [0.1, 0.15) is 0 Å². The van der Waals surface area contributed by atoms with Crippen LogP contribution >= 0.6 is 0 Å². The molecule has 112 valence electrons. The van der Waals surface area contributed by atoms with Crippen molar-refractivity contribution >= 4 is 12.0 Å². The Morgan fingerprint density at radius 2 is 1.81 bits per heavy atom. The number of carbonyl (C=O) groups excluding carboxylic acids is 1. The summed E-state index contributed by atoms with van der Waals surface area (Å²) in [5.41, 5.74) is 2.15. The summed E-state index contributed by atoms with van der Waals surface area (Å²) in [6, 6.07) is 7.95. The van der Waals surface area contributed by atoms with E-state index >= 15 is 0 Å². The van der Waals surface area contributed by atoms with Crippen molar-refractivity contribution in [3.63, 3.8) is 0 Å². The van der Waals surface area contributed by atoms with Crippen molar-refractivity contribution in [2.45, 2.75) is 38.8 Å². The zero-order chi connectivity index (χ0) is 14.9. The summed E-state index contributed by atoms with van der Waals surface area (Å²) in [7, 11) is 0. The van der Waals surface area contributed by atoms with Crippen molar-refractivity contribution < 1.29 is 14.7 Å². The summed E-state index contributed by atoms with van der Waals surface area (Å²) in [6.07, 6.45) is 2.98. The van der Waals surface area contributed by atoms with E-state index < -0.39 is 5.97 Å². The van der Waals surface area contributed by atoms with Gasteiger partial charge in [-0.1, -0.05) is 30.7 Å². The molecule has 1 aliphatic carbocycles. The summed E-state index contributed by atoms with van der Waals surface area (Å²) >= 11 is 0. The van der Waals surface area contributed by atoms with E-state index in [4.69, 9.17) is 5.11 Å². The van der Waals surface area contributed by atoms with E-state index in [1.165, 1.54) is 11.1 Å². The van der Waals surface area contributed by atoms with Crippen LogP contribution in [-0.4, -0.2) is 28.6 Å². The van der Waals surface area contributed by atoms with E-state index in [9.17, 15) is 9.59 Å². The van der Waals surface area contributed by atoms with Gasteiger partial charge in [0.05, 0.1) is 6.42 Å². The molecular formula is C16H20N2O3. The fourth-order valence-corrected chi connectivity index (χ4v) is 3.27. The van der Waals surface area contributed by atoms with Gasteiger partial charge in [-0.05, 0) is 29.4 Å². The first kappa shape index (κ1) is 13.9. The second-order valence-electron chi connectivity index (χ2n) is 6.21. The predicted molar refractivity (Wildman–Crippen MR) is 77.6 cm³/mol. The summed E-state index contributed by atoms with van der Waals surface area (Å²) in [6.45, 7) is 1.73. The predicted octanol–water partition coefficient (Wildman–Crippen LogP) is 2.36. The van der Waals surface area contributed by atoms with E-state index in [-0.39, 0.29) is 17.9 Å². The molecule has 1 saturated carbocycles. The first-order chi connectivity index (χ1) is 10.1. The van der Waals surface area contributed by atoms with Crippen molar-refractivity contribution in [3.8, 4) is 0 Å². The van der Waals surface area contributed by atoms with Crippen LogP contribution < -0.4 is 5.32 Å².